The summed E-state index contributed by atoms with van der Waals surface area (Å²) >= 11 is 0. The first-order valence-electron chi connectivity index (χ1n) is 9.07. The first kappa shape index (κ1) is 17.7. The molecule has 140 valence electrons. The molecule has 4 rings (SSSR count). The van der Waals surface area contributed by atoms with Crippen LogP contribution in [0.1, 0.15) is 23.7 Å². The van der Waals surface area contributed by atoms with Crippen LogP contribution < -0.4 is 10.9 Å². The van der Waals surface area contributed by atoms with Gasteiger partial charge in [0.15, 0.2) is 0 Å². The maximum atomic E-state index is 12.4. The number of anilines is 1. The Balaban J connectivity index is 1.57. The fourth-order valence-corrected chi connectivity index (χ4v) is 3.08. The van der Waals surface area contributed by atoms with Crippen molar-refractivity contribution < 1.29 is 4.79 Å². The zero-order chi connectivity index (χ0) is 19.5. The lowest BCUT2D eigenvalue weighted by Crippen LogP contribution is -2.11. The number of carbonyl (C=O) groups excluding carboxylic acids is 1. The van der Waals surface area contributed by atoms with Crippen molar-refractivity contribution in [3.8, 4) is 11.3 Å². The Morgan fingerprint density at radius 2 is 1.86 bits per heavy atom. The maximum absolute atomic E-state index is 12.4. The van der Waals surface area contributed by atoms with Crippen LogP contribution in [0.4, 0.5) is 5.69 Å². The Bertz CT molecular complexity index is 1190. The van der Waals surface area contributed by atoms with Crippen molar-refractivity contribution >= 4 is 22.4 Å². The van der Waals surface area contributed by atoms with E-state index in [0.717, 1.165) is 23.9 Å². The Morgan fingerprint density at radius 1 is 1.11 bits per heavy atom. The van der Waals surface area contributed by atoms with Crippen molar-refractivity contribution in [1.82, 2.24) is 20.0 Å². The molecule has 0 unspecified atom stereocenters. The number of nitrogens with zero attached hydrogens (tertiary/aromatic N) is 3. The van der Waals surface area contributed by atoms with E-state index in [1.54, 1.807) is 23.1 Å². The summed E-state index contributed by atoms with van der Waals surface area (Å²) in [5.74, 6) is -0.206. The molecule has 0 aliphatic rings. The lowest BCUT2D eigenvalue weighted by Gasteiger charge is -2.07. The second-order valence-corrected chi connectivity index (χ2v) is 6.47. The number of aryl methyl sites for hydroxylation is 1. The summed E-state index contributed by atoms with van der Waals surface area (Å²) in [4.78, 5) is 24.3. The molecule has 0 radical (unpaired) electrons. The fraction of sp³-hybridized carbons (Fsp3) is 0.143. The van der Waals surface area contributed by atoms with Crippen LogP contribution in [0.2, 0.25) is 0 Å². The van der Waals surface area contributed by atoms with Crippen molar-refractivity contribution in [3.05, 3.63) is 76.8 Å². The number of nitrogens with one attached hydrogen (secondary N) is 2. The van der Waals surface area contributed by atoms with E-state index in [0.29, 0.717) is 22.3 Å². The van der Waals surface area contributed by atoms with Gasteiger partial charge >= 0.3 is 0 Å². The van der Waals surface area contributed by atoms with E-state index in [9.17, 15) is 9.59 Å². The van der Waals surface area contributed by atoms with E-state index >= 15 is 0 Å². The van der Waals surface area contributed by atoms with Crippen molar-refractivity contribution in [3.63, 3.8) is 0 Å². The molecule has 0 bridgehead atoms. The van der Waals surface area contributed by atoms with Crippen LogP contribution in [-0.4, -0.2) is 25.9 Å². The summed E-state index contributed by atoms with van der Waals surface area (Å²) in [5, 5.41) is 15.2. The number of amides is 1. The lowest BCUT2D eigenvalue weighted by atomic mass is 10.0. The number of fused-ring (bicyclic) bond motifs is 1. The van der Waals surface area contributed by atoms with Crippen molar-refractivity contribution in [1.29, 1.82) is 0 Å². The van der Waals surface area contributed by atoms with Gasteiger partial charge in [-0.15, -0.1) is 0 Å². The van der Waals surface area contributed by atoms with Crippen LogP contribution in [0.3, 0.4) is 0 Å². The third kappa shape index (κ3) is 3.42. The molecule has 2 aromatic carbocycles. The molecule has 7 nitrogen and oxygen atoms in total. The van der Waals surface area contributed by atoms with E-state index in [2.05, 4.69) is 27.5 Å². The highest BCUT2D eigenvalue weighted by Gasteiger charge is 2.11. The smallest absolute Gasteiger partial charge is 0.272 e. The van der Waals surface area contributed by atoms with Gasteiger partial charge in [-0.05, 0) is 24.6 Å². The highest BCUT2D eigenvalue weighted by Crippen LogP contribution is 2.25. The number of rotatable bonds is 5. The minimum atomic E-state index is -0.216. The maximum Gasteiger partial charge on any atom is 0.272 e. The normalized spacial score (nSPS) is 10.9. The third-order valence-electron chi connectivity index (χ3n) is 4.46. The molecule has 1 amide bonds. The first-order chi connectivity index (χ1) is 13.7. The van der Waals surface area contributed by atoms with Crippen LogP contribution in [0.15, 0.2) is 65.7 Å². The van der Waals surface area contributed by atoms with E-state index in [-0.39, 0.29) is 11.5 Å². The highest BCUT2D eigenvalue weighted by molar-refractivity contribution is 6.04. The number of H-pyrrole nitrogens is 1. The SMILES string of the molecule is CCCn1cc(C(=O)Nc2ccc(-c3n[nH]c(=O)c4ccccc34)cc2)cn1. The predicted molar refractivity (Wildman–Crippen MR) is 108 cm³/mol. The van der Waals surface area contributed by atoms with E-state index in [4.69, 9.17) is 0 Å². The van der Waals surface area contributed by atoms with Gasteiger partial charge in [0, 0.05) is 29.4 Å². The van der Waals surface area contributed by atoms with Gasteiger partial charge in [0.1, 0.15) is 0 Å². The molecule has 2 heterocycles. The summed E-state index contributed by atoms with van der Waals surface area (Å²) in [6.45, 7) is 2.84. The number of benzene rings is 2. The first-order valence-corrected chi connectivity index (χ1v) is 9.07. The van der Waals surface area contributed by atoms with Crippen LogP contribution in [-0.2, 0) is 6.54 Å². The number of aromatic amines is 1. The van der Waals surface area contributed by atoms with Gasteiger partial charge in [-0.25, -0.2) is 5.10 Å². The van der Waals surface area contributed by atoms with Gasteiger partial charge in [0.25, 0.3) is 11.5 Å². The Kier molecular flexibility index (Phi) is 4.72. The molecular formula is C21H19N5O2. The number of carbonyl (C=O) groups is 1. The summed E-state index contributed by atoms with van der Waals surface area (Å²) in [6.07, 6.45) is 4.26. The second kappa shape index (κ2) is 7.48. The molecule has 0 fully saturated rings. The van der Waals surface area contributed by atoms with Crippen molar-refractivity contribution in [2.45, 2.75) is 19.9 Å². The lowest BCUT2D eigenvalue weighted by molar-refractivity contribution is 0.102. The molecule has 0 saturated carbocycles. The topological polar surface area (TPSA) is 92.7 Å². The van der Waals surface area contributed by atoms with Gasteiger partial charge in [-0.2, -0.15) is 10.2 Å². The predicted octanol–water partition coefficient (Wildman–Crippen LogP) is 3.45. The van der Waals surface area contributed by atoms with E-state index in [1.807, 2.05) is 42.5 Å². The van der Waals surface area contributed by atoms with E-state index in [1.165, 1.54) is 0 Å². The Labute approximate surface area is 161 Å². The molecule has 7 heteroatoms. The molecule has 0 aliphatic carbocycles. The van der Waals surface area contributed by atoms with Crippen molar-refractivity contribution in [2.75, 3.05) is 5.32 Å². The zero-order valence-electron chi connectivity index (χ0n) is 15.3. The largest absolute Gasteiger partial charge is 0.322 e. The van der Waals surface area contributed by atoms with Crippen molar-refractivity contribution in [2.24, 2.45) is 0 Å². The quantitative estimate of drug-likeness (QED) is 0.560. The molecule has 4 aromatic rings. The summed E-state index contributed by atoms with van der Waals surface area (Å²) in [6, 6.07) is 14.7. The van der Waals surface area contributed by atoms with Crippen LogP contribution in [0.5, 0.6) is 0 Å². The summed E-state index contributed by atoms with van der Waals surface area (Å²) < 4.78 is 1.75. The van der Waals surface area contributed by atoms with Crippen LogP contribution in [0, 0.1) is 0 Å². The molecule has 0 spiro atoms. The highest BCUT2D eigenvalue weighted by atomic mass is 16.1. The Morgan fingerprint density at radius 3 is 2.61 bits per heavy atom. The summed E-state index contributed by atoms with van der Waals surface area (Å²) in [7, 11) is 0. The van der Waals surface area contributed by atoms with Gasteiger partial charge in [0.05, 0.1) is 22.8 Å². The molecule has 0 saturated heterocycles. The standard InChI is InChI=1S/C21H19N5O2/c1-2-11-26-13-15(12-22-26)20(27)23-16-9-7-14(8-10-16)19-17-5-3-4-6-18(17)21(28)25-24-19/h3-10,12-13H,2,11H2,1H3,(H,23,27)(H,25,28). The molecule has 28 heavy (non-hydrogen) atoms. The molecule has 2 N–H and O–H groups in total. The average Bonchev–Trinajstić information content (AvgIpc) is 3.19. The third-order valence-corrected chi connectivity index (χ3v) is 4.46. The van der Waals surface area contributed by atoms with E-state index < -0.39 is 0 Å². The van der Waals surface area contributed by atoms with Gasteiger partial charge in [0.2, 0.25) is 0 Å². The summed E-state index contributed by atoms with van der Waals surface area (Å²) in [5.41, 5.74) is 2.51. The van der Waals surface area contributed by atoms with Gasteiger partial charge in [-0.1, -0.05) is 37.3 Å². The second-order valence-electron chi connectivity index (χ2n) is 6.47. The van der Waals surface area contributed by atoms with Crippen LogP contribution >= 0.6 is 0 Å². The minimum Gasteiger partial charge on any atom is -0.322 e. The van der Waals surface area contributed by atoms with Crippen LogP contribution in [0.25, 0.3) is 22.0 Å². The van der Waals surface area contributed by atoms with Gasteiger partial charge in [-0.3, -0.25) is 14.3 Å². The minimum absolute atomic E-state index is 0.206. The average molecular weight is 373 g/mol. The van der Waals surface area contributed by atoms with Gasteiger partial charge < -0.3 is 5.32 Å². The molecule has 2 aromatic heterocycles. The number of hydrogen-bond acceptors (Lipinski definition) is 4. The zero-order valence-corrected chi connectivity index (χ0v) is 15.3. The molecular weight excluding hydrogens is 354 g/mol. The molecule has 0 atom stereocenters. The number of hydrogen-bond donors (Lipinski definition) is 2. The fourth-order valence-electron chi connectivity index (χ4n) is 3.08. The monoisotopic (exact) mass is 373 g/mol. The number of aromatic nitrogens is 4. The Hall–Kier alpha value is -3.74. The molecule has 0 aliphatic heterocycles.